The van der Waals surface area contributed by atoms with Crippen molar-refractivity contribution in [3.63, 3.8) is 0 Å². The summed E-state index contributed by atoms with van der Waals surface area (Å²) >= 11 is 5.38. The lowest BCUT2D eigenvalue weighted by atomic mass is 10.2. The number of benzene rings is 1. The molecule has 1 aliphatic heterocycles. The predicted molar refractivity (Wildman–Crippen MR) is 112 cm³/mol. The van der Waals surface area contributed by atoms with Crippen LogP contribution >= 0.6 is 12.2 Å². The summed E-state index contributed by atoms with van der Waals surface area (Å²) in [7, 11) is 3.20. The molecule has 0 saturated carbocycles. The molecule has 0 amide bonds. The minimum atomic E-state index is 0.347. The number of piperazine rings is 1. The molecule has 1 saturated heterocycles. The van der Waals surface area contributed by atoms with E-state index in [1.54, 1.807) is 18.9 Å². The fourth-order valence-electron chi connectivity index (χ4n) is 3.47. The van der Waals surface area contributed by atoms with Crippen LogP contribution in [-0.2, 0) is 13.2 Å². The van der Waals surface area contributed by atoms with Crippen LogP contribution in [-0.4, -0.2) is 65.1 Å². The third-order valence-electron chi connectivity index (χ3n) is 5.09. The van der Waals surface area contributed by atoms with Crippen molar-refractivity contribution in [3.05, 3.63) is 40.6 Å². The van der Waals surface area contributed by atoms with Gasteiger partial charge in [0.1, 0.15) is 0 Å². The molecule has 9 nitrogen and oxygen atoms in total. The summed E-state index contributed by atoms with van der Waals surface area (Å²) in [5.74, 6) is 2.63. The number of aryl methyl sites for hydroxylation is 1. The van der Waals surface area contributed by atoms with Crippen molar-refractivity contribution in [1.82, 2.24) is 24.7 Å². The van der Waals surface area contributed by atoms with Crippen LogP contribution in [0.2, 0.25) is 0 Å². The molecular formula is C20H25N5O4S. The number of methoxy groups -OCH3 is 2. The fraction of sp³-hybridized carbons (Fsp3) is 0.450. The van der Waals surface area contributed by atoms with Gasteiger partial charge in [0.2, 0.25) is 5.89 Å². The Kier molecular flexibility index (Phi) is 6.16. The normalized spacial score (nSPS) is 15.4. The summed E-state index contributed by atoms with van der Waals surface area (Å²) in [5, 5.41) is 8.52. The topological polar surface area (TPSA) is 81.9 Å². The highest BCUT2D eigenvalue weighted by atomic mass is 32.1. The van der Waals surface area contributed by atoms with E-state index in [-0.39, 0.29) is 0 Å². The monoisotopic (exact) mass is 431 g/mol. The number of hydrogen-bond donors (Lipinski definition) is 0. The molecular weight excluding hydrogens is 406 g/mol. The minimum Gasteiger partial charge on any atom is -0.493 e. The Bertz CT molecular complexity index is 1050. The first kappa shape index (κ1) is 20.6. The van der Waals surface area contributed by atoms with E-state index in [1.807, 2.05) is 31.2 Å². The maximum atomic E-state index is 5.73. The second kappa shape index (κ2) is 8.99. The summed E-state index contributed by atoms with van der Waals surface area (Å²) in [6.07, 6.45) is 0. The van der Waals surface area contributed by atoms with Gasteiger partial charge in [-0.2, -0.15) is 0 Å². The highest BCUT2D eigenvalue weighted by Crippen LogP contribution is 2.31. The van der Waals surface area contributed by atoms with Gasteiger partial charge in [0.25, 0.3) is 4.84 Å². The van der Waals surface area contributed by atoms with Gasteiger partial charge in [-0.15, -0.1) is 5.10 Å². The van der Waals surface area contributed by atoms with Gasteiger partial charge in [-0.3, -0.25) is 9.80 Å². The third-order valence-corrected chi connectivity index (χ3v) is 5.39. The molecule has 2 aromatic heterocycles. The van der Waals surface area contributed by atoms with Crippen LogP contribution in [0.25, 0.3) is 11.5 Å². The van der Waals surface area contributed by atoms with E-state index >= 15 is 0 Å². The second-order valence-corrected chi connectivity index (χ2v) is 7.56. The Morgan fingerprint density at radius 1 is 1.03 bits per heavy atom. The molecule has 10 heteroatoms. The lowest BCUT2D eigenvalue weighted by molar-refractivity contribution is 0.0914. The lowest BCUT2D eigenvalue weighted by Gasteiger charge is -2.33. The maximum absolute atomic E-state index is 5.73. The van der Waals surface area contributed by atoms with Crippen LogP contribution in [0.15, 0.2) is 33.2 Å². The van der Waals surface area contributed by atoms with Crippen molar-refractivity contribution in [2.45, 2.75) is 20.1 Å². The van der Waals surface area contributed by atoms with E-state index in [2.05, 4.69) is 20.1 Å². The molecule has 3 aromatic rings. The molecule has 0 radical (unpaired) electrons. The second-order valence-electron chi connectivity index (χ2n) is 7.21. The van der Waals surface area contributed by atoms with E-state index in [4.69, 9.17) is 30.6 Å². The highest BCUT2D eigenvalue weighted by molar-refractivity contribution is 7.71. The summed E-state index contributed by atoms with van der Waals surface area (Å²) in [6.45, 7) is 7.00. The van der Waals surface area contributed by atoms with E-state index < -0.39 is 0 Å². The van der Waals surface area contributed by atoms with Crippen molar-refractivity contribution >= 4 is 12.2 Å². The third kappa shape index (κ3) is 4.55. The largest absolute Gasteiger partial charge is 0.493 e. The molecule has 1 aliphatic rings. The molecule has 0 spiro atoms. The Balaban J connectivity index is 1.38. The van der Waals surface area contributed by atoms with E-state index in [0.717, 1.165) is 49.7 Å². The zero-order valence-corrected chi connectivity index (χ0v) is 18.1. The summed E-state index contributed by atoms with van der Waals surface area (Å²) < 4.78 is 23.4. The smallest absolute Gasteiger partial charge is 0.288 e. The molecule has 0 N–H and O–H groups in total. The van der Waals surface area contributed by atoms with Crippen LogP contribution in [0.1, 0.15) is 11.5 Å². The molecule has 1 aromatic carbocycles. The highest BCUT2D eigenvalue weighted by Gasteiger charge is 2.20. The number of hydrogen-bond acceptors (Lipinski definition) is 9. The molecule has 1 fully saturated rings. The average Bonchev–Trinajstić information content (AvgIpc) is 3.34. The standard InChI is InChI=1S/C20H25N5O4S/c1-14-10-16(29-22-14)12-23-6-8-24(9-7-23)13-25-20(30)28-19(21-25)15-4-5-17(26-2)18(11-15)27-3/h4-5,10-11H,6-9,12-13H2,1-3H3. The summed E-state index contributed by atoms with van der Waals surface area (Å²) in [5.41, 5.74) is 1.69. The SMILES string of the molecule is COc1ccc(-c2nn(CN3CCN(Cc4cc(C)no4)CC3)c(=S)o2)cc1OC. The van der Waals surface area contributed by atoms with Gasteiger partial charge in [-0.05, 0) is 37.3 Å². The van der Waals surface area contributed by atoms with Crippen LogP contribution in [0.3, 0.4) is 0 Å². The Morgan fingerprint density at radius 2 is 1.77 bits per heavy atom. The zero-order chi connectivity index (χ0) is 21.1. The van der Waals surface area contributed by atoms with Gasteiger partial charge in [0.05, 0.1) is 33.1 Å². The summed E-state index contributed by atoms with van der Waals surface area (Å²) in [6, 6.07) is 7.50. The van der Waals surface area contributed by atoms with Gasteiger partial charge in [0.15, 0.2) is 17.3 Å². The van der Waals surface area contributed by atoms with Crippen molar-refractivity contribution < 1.29 is 18.4 Å². The molecule has 0 aliphatic carbocycles. The number of nitrogens with zero attached hydrogens (tertiary/aromatic N) is 5. The van der Waals surface area contributed by atoms with Gasteiger partial charge >= 0.3 is 0 Å². The molecule has 0 bridgehead atoms. The van der Waals surface area contributed by atoms with E-state index in [0.29, 0.717) is 28.9 Å². The molecule has 3 heterocycles. The first-order valence-electron chi connectivity index (χ1n) is 9.73. The van der Waals surface area contributed by atoms with E-state index in [1.165, 1.54) is 0 Å². The van der Waals surface area contributed by atoms with E-state index in [9.17, 15) is 0 Å². The van der Waals surface area contributed by atoms with Gasteiger partial charge in [0, 0.05) is 37.8 Å². The Hall–Kier alpha value is -2.69. The van der Waals surface area contributed by atoms with Crippen molar-refractivity contribution in [3.8, 4) is 23.0 Å². The minimum absolute atomic E-state index is 0.347. The maximum Gasteiger partial charge on any atom is 0.288 e. The van der Waals surface area contributed by atoms with Crippen molar-refractivity contribution in [1.29, 1.82) is 0 Å². The number of aromatic nitrogens is 3. The zero-order valence-electron chi connectivity index (χ0n) is 17.3. The van der Waals surface area contributed by atoms with Crippen LogP contribution < -0.4 is 9.47 Å². The molecule has 160 valence electrons. The average molecular weight is 432 g/mol. The fourth-order valence-corrected chi connectivity index (χ4v) is 3.65. The first-order valence-corrected chi connectivity index (χ1v) is 10.1. The molecule has 0 atom stereocenters. The van der Waals surface area contributed by atoms with Gasteiger partial charge in [-0.1, -0.05) is 5.16 Å². The van der Waals surface area contributed by atoms with Gasteiger partial charge < -0.3 is 18.4 Å². The predicted octanol–water partition coefficient (Wildman–Crippen LogP) is 2.96. The number of rotatable bonds is 7. The van der Waals surface area contributed by atoms with Crippen LogP contribution in [0, 0.1) is 11.8 Å². The Labute approximate surface area is 179 Å². The molecule has 30 heavy (non-hydrogen) atoms. The first-order chi connectivity index (χ1) is 14.6. The molecule has 4 rings (SSSR count). The van der Waals surface area contributed by atoms with Crippen molar-refractivity contribution in [2.75, 3.05) is 40.4 Å². The quantitative estimate of drug-likeness (QED) is 0.524. The number of ether oxygens (including phenoxy) is 2. The van der Waals surface area contributed by atoms with Crippen molar-refractivity contribution in [2.24, 2.45) is 0 Å². The van der Waals surface area contributed by atoms with Crippen LogP contribution in [0.4, 0.5) is 0 Å². The summed E-state index contributed by atoms with van der Waals surface area (Å²) in [4.78, 5) is 5.01. The lowest BCUT2D eigenvalue weighted by Crippen LogP contribution is -2.46. The molecule has 0 unspecified atom stereocenters. The van der Waals surface area contributed by atoms with Gasteiger partial charge in [-0.25, -0.2) is 4.68 Å². The van der Waals surface area contributed by atoms with Crippen LogP contribution in [0.5, 0.6) is 11.5 Å². The Morgan fingerprint density at radius 3 is 2.43 bits per heavy atom.